The van der Waals surface area contributed by atoms with Gasteiger partial charge in [-0.05, 0) is 18.2 Å². The summed E-state index contributed by atoms with van der Waals surface area (Å²) in [4.78, 5) is 11.3. The quantitative estimate of drug-likeness (QED) is 0.760. The maximum atomic E-state index is 11.3. The van der Waals surface area contributed by atoms with Gasteiger partial charge in [-0.25, -0.2) is 0 Å². The molecule has 0 aliphatic carbocycles. The molecule has 4 heteroatoms. The van der Waals surface area contributed by atoms with Gasteiger partial charge in [-0.3, -0.25) is 4.79 Å². The van der Waals surface area contributed by atoms with Gasteiger partial charge < -0.3 is 10.6 Å². The number of rotatable bonds is 2. The summed E-state index contributed by atoms with van der Waals surface area (Å²) >= 11 is 5.77. The van der Waals surface area contributed by atoms with Crippen LogP contribution in [-0.4, -0.2) is 20.0 Å². The van der Waals surface area contributed by atoms with Crippen molar-refractivity contribution in [2.45, 2.75) is 0 Å². The largest absolute Gasteiger partial charge is 0.387 e. The molecule has 0 saturated heterocycles. The summed E-state index contributed by atoms with van der Waals surface area (Å²) in [5.74, 6) is -0.124. The minimum atomic E-state index is -0.124. The highest BCUT2D eigenvalue weighted by Crippen LogP contribution is 2.20. The number of nitrogens with one attached hydrogen (secondary N) is 2. The van der Waals surface area contributed by atoms with Crippen molar-refractivity contribution in [1.82, 2.24) is 5.32 Å². The third-order valence-electron chi connectivity index (χ3n) is 1.72. The second-order valence-electron chi connectivity index (χ2n) is 2.52. The molecular weight excluding hydrogens is 188 g/mol. The van der Waals surface area contributed by atoms with Crippen LogP contribution in [0.3, 0.4) is 0 Å². The number of carbonyl (C=O) groups is 1. The Morgan fingerprint density at radius 1 is 1.38 bits per heavy atom. The van der Waals surface area contributed by atoms with Crippen molar-refractivity contribution in [2.75, 3.05) is 19.4 Å². The fourth-order valence-corrected chi connectivity index (χ4v) is 1.23. The van der Waals surface area contributed by atoms with Gasteiger partial charge >= 0.3 is 0 Å². The first-order valence-corrected chi connectivity index (χ1v) is 4.26. The Kier molecular flexibility index (Phi) is 3.14. The molecule has 0 radical (unpaired) electrons. The van der Waals surface area contributed by atoms with Gasteiger partial charge in [0.1, 0.15) is 0 Å². The van der Waals surface area contributed by atoms with Crippen molar-refractivity contribution in [3.05, 3.63) is 28.8 Å². The highest BCUT2D eigenvalue weighted by atomic mass is 35.5. The van der Waals surface area contributed by atoms with Crippen LogP contribution in [0.25, 0.3) is 0 Å². The lowest BCUT2D eigenvalue weighted by Gasteiger charge is -2.07. The minimum Gasteiger partial charge on any atom is -0.387 e. The zero-order chi connectivity index (χ0) is 9.84. The number of benzene rings is 1. The topological polar surface area (TPSA) is 41.1 Å². The highest BCUT2D eigenvalue weighted by Gasteiger charge is 2.08. The van der Waals surface area contributed by atoms with Gasteiger partial charge in [-0.15, -0.1) is 0 Å². The molecule has 1 rings (SSSR count). The van der Waals surface area contributed by atoms with Crippen LogP contribution in [0.2, 0.25) is 5.02 Å². The Morgan fingerprint density at radius 2 is 2.08 bits per heavy atom. The highest BCUT2D eigenvalue weighted by molar-refractivity contribution is 6.31. The van der Waals surface area contributed by atoms with E-state index in [4.69, 9.17) is 11.6 Å². The maximum absolute atomic E-state index is 11.3. The van der Waals surface area contributed by atoms with Gasteiger partial charge in [-0.2, -0.15) is 0 Å². The van der Waals surface area contributed by atoms with Gasteiger partial charge in [0.15, 0.2) is 0 Å². The third kappa shape index (κ3) is 2.12. The van der Waals surface area contributed by atoms with Crippen molar-refractivity contribution in [3.63, 3.8) is 0 Å². The molecule has 1 amide bonds. The Hall–Kier alpha value is -1.22. The Labute approximate surface area is 82.1 Å². The van der Waals surface area contributed by atoms with E-state index in [0.29, 0.717) is 10.6 Å². The van der Waals surface area contributed by atoms with Gasteiger partial charge in [0.2, 0.25) is 0 Å². The van der Waals surface area contributed by atoms with E-state index in [1.54, 1.807) is 32.3 Å². The molecule has 3 nitrogen and oxygen atoms in total. The first-order valence-electron chi connectivity index (χ1n) is 3.88. The van der Waals surface area contributed by atoms with Crippen LogP contribution in [-0.2, 0) is 0 Å². The van der Waals surface area contributed by atoms with Gasteiger partial charge in [0.25, 0.3) is 5.91 Å². The van der Waals surface area contributed by atoms with Crippen molar-refractivity contribution >= 4 is 23.2 Å². The fourth-order valence-electron chi connectivity index (χ4n) is 1.06. The van der Waals surface area contributed by atoms with E-state index in [0.717, 1.165) is 5.69 Å². The maximum Gasteiger partial charge on any atom is 0.253 e. The van der Waals surface area contributed by atoms with Crippen LogP contribution in [0.5, 0.6) is 0 Å². The lowest BCUT2D eigenvalue weighted by molar-refractivity contribution is 0.0964. The van der Waals surface area contributed by atoms with Crippen molar-refractivity contribution in [1.29, 1.82) is 0 Å². The number of anilines is 1. The summed E-state index contributed by atoms with van der Waals surface area (Å²) in [6.45, 7) is 0. The molecule has 13 heavy (non-hydrogen) atoms. The summed E-state index contributed by atoms with van der Waals surface area (Å²) in [5.41, 5.74) is 1.32. The van der Waals surface area contributed by atoms with E-state index < -0.39 is 0 Å². The molecule has 1 aromatic carbocycles. The second-order valence-corrected chi connectivity index (χ2v) is 2.96. The van der Waals surface area contributed by atoms with E-state index >= 15 is 0 Å². The molecule has 70 valence electrons. The van der Waals surface area contributed by atoms with E-state index in [-0.39, 0.29) is 5.91 Å². The molecule has 0 unspecified atom stereocenters. The molecule has 0 saturated carbocycles. The van der Waals surface area contributed by atoms with Gasteiger partial charge in [0.05, 0.1) is 5.56 Å². The molecule has 0 aliphatic heterocycles. The van der Waals surface area contributed by atoms with Gasteiger partial charge in [-0.1, -0.05) is 11.6 Å². The normalized spacial score (nSPS) is 9.46. The Morgan fingerprint density at radius 3 is 2.62 bits per heavy atom. The molecule has 0 spiro atoms. The second kappa shape index (κ2) is 4.14. The average Bonchev–Trinajstić information content (AvgIpc) is 2.16. The smallest absolute Gasteiger partial charge is 0.253 e. The molecule has 0 bridgehead atoms. The molecule has 0 aromatic heterocycles. The zero-order valence-electron chi connectivity index (χ0n) is 7.52. The molecule has 2 N–H and O–H groups in total. The first-order chi connectivity index (χ1) is 6.19. The molecule has 0 atom stereocenters. The van der Waals surface area contributed by atoms with Crippen LogP contribution in [0.15, 0.2) is 18.2 Å². The molecular formula is C9H11ClN2O. The van der Waals surface area contributed by atoms with E-state index in [9.17, 15) is 4.79 Å². The van der Waals surface area contributed by atoms with E-state index in [2.05, 4.69) is 10.6 Å². The van der Waals surface area contributed by atoms with E-state index in [1.807, 2.05) is 0 Å². The van der Waals surface area contributed by atoms with Crippen LogP contribution in [0.1, 0.15) is 10.4 Å². The van der Waals surface area contributed by atoms with Crippen LogP contribution >= 0.6 is 11.6 Å². The number of halogens is 1. The number of carbonyl (C=O) groups excluding carboxylic acids is 1. The number of amides is 1. The van der Waals surface area contributed by atoms with Crippen LogP contribution < -0.4 is 10.6 Å². The van der Waals surface area contributed by atoms with Crippen LogP contribution in [0, 0.1) is 0 Å². The lowest BCUT2D eigenvalue weighted by atomic mass is 10.1. The summed E-state index contributed by atoms with van der Waals surface area (Å²) < 4.78 is 0. The standard InChI is InChI=1S/C9H11ClN2O/c1-11-8-5-6(10)3-4-7(8)9(13)12-2/h3-5,11H,1-2H3,(H,12,13). The summed E-state index contributed by atoms with van der Waals surface area (Å²) in [6.07, 6.45) is 0. The number of hydrogen-bond donors (Lipinski definition) is 2. The van der Waals surface area contributed by atoms with E-state index in [1.165, 1.54) is 0 Å². The van der Waals surface area contributed by atoms with Crippen LogP contribution in [0.4, 0.5) is 5.69 Å². The lowest BCUT2D eigenvalue weighted by Crippen LogP contribution is -2.19. The summed E-state index contributed by atoms with van der Waals surface area (Å²) in [7, 11) is 3.34. The fraction of sp³-hybridized carbons (Fsp3) is 0.222. The predicted molar refractivity (Wildman–Crippen MR) is 54.4 cm³/mol. The van der Waals surface area contributed by atoms with Crippen molar-refractivity contribution in [2.24, 2.45) is 0 Å². The Balaban J connectivity index is 3.13. The zero-order valence-corrected chi connectivity index (χ0v) is 8.27. The van der Waals surface area contributed by atoms with Crippen molar-refractivity contribution in [3.8, 4) is 0 Å². The SMILES string of the molecule is CNC(=O)c1ccc(Cl)cc1NC. The third-order valence-corrected chi connectivity index (χ3v) is 1.96. The minimum absolute atomic E-state index is 0.124. The summed E-state index contributed by atoms with van der Waals surface area (Å²) in [5, 5.41) is 6.07. The number of hydrogen-bond acceptors (Lipinski definition) is 2. The molecule has 0 aliphatic rings. The first kappa shape index (κ1) is 9.86. The summed E-state index contributed by atoms with van der Waals surface area (Å²) in [6, 6.07) is 5.09. The monoisotopic (exact) mass is 198 g/mol. The molecule has 0 heterocycles. The van der Waals surface area contributed by atoms with Gasteiger partial charge in [0, 0.05) is 24.8 Å². The Bertz CT molecular complexity index is 325. The molecule has 0 fully saturated rings. The average molecular weight is 199 g/mol. The molecule has 1 aromatic rings. The van der Waals surface area contributed by atoms with Crippen molar-refractivity contribution < 1.29 is 4.79 Å². The predicted octanol–water partition coefficient (Wildman–Crippen LogP) is 1.74.